The lowest BCUT2D eigenvalue weighted by molar-refractivity contribution is -0.139. The molecule has 0 aliphatic carbocycles. The van der Waals surface area contributed by atoms with Gasteiger partial charge >= 0.3 is 0 Å². The number of methoxy groups -OCH3 is 1. The molecule has 0 radical (unpaired) electrons. The van der Waals surface area contributed by atoms with E-state index in [1.807, 2.05) is 73.3 Å². The number of amides is 1. The molecule has 178 valence electrons. The molecule has 2 heterocycles. The summed E-state index contributed by atoms with van der Waals surface area (Å²) >= 11 is 0. The van der Waals surface area contributed by atoms with Crippen LogP contribution >= 0.6 is 0 Å². The summed E-state index contributed by atoms with van der Waals surface area (Å²) in [5.41, 5.74) is 2.14. The van der Waals surface area contributed by atoms with Crippen LogP contribution in [0.1, 0.15) is 18.1 Å². The van der Waals surface area contributed by atoms with Gasteiger partial charge in [0, 0.05) is 31.7 Å². The Kier molecular flexibility index (Phi) is 7.59. The van der Waals surface area contributed by atoms with Crippen LogP contribution in [0.25, 0.3) is 0 Å². The number of anilines is 1. The number of hydrogen-bond acceptors (Lipinski definition) is 7. The van der Waals surface area contributed by atoms with Gasteiger partial charge in [0.1, 0.15) is 18.8 Å². The summed E-state index contributed by atoms with van der Waals surface area (Å²) in [6.45, 7) is 6.46. The van der Waals surface area contributed by atoms with Crippen LogP contribution in [0.4, 0.5) is 5.82 Å². The van der Waals surface area contributed by atoms with E-state index in [1.165, 1.54) is 6.33 Å². The van der Waals surface area contributed by atoms with Crippen molar-refractivity contribution < 1.29 is 19.0 Å². The molecule has 2 aromatic carbocycles. The smallest absolute Gasteiger partial charge is 0.248 e. The third kappa shape index (κ3) is 5.82. The first kappa shape index (κ1) is 23.5. The molecule has 1 saturated heterocycles. The molecule has 4 rings (SSSR count). The fourth-order valence-electron chi connectivity index (χ4n) is 3.98. The van der Waals surface area contributed by atoms with E-state index in [-0.39, 0.29) is 18.6 Å². The van der Waals surface area contributed by atoms with Crippen LogP contribution < -0.4 is 14.4 Å². The first-order valence-corrected chi connectivity index (χ1v) is 11.3. The molecule has 0 saturated carbocycles. The van der Waals surface area contributed by atoms with Gasteiger partial charge in [-0.1, -0.05) is 36.4 Å². The predicted octanol–water partition coefficient (Wildman–Crippen LogP) is 3.84. The zero-order valence-corrected chi connectivity index (χ0v) is 19.8. The Labute approximate surface area is 200 Å². The summed E-state index contributed by atoms with van der Waals surface area (Å²) < 4.78 is 17.0. The summed E-state index contributed by atoms with van der Waals surface area (Å²) in [5.74, 6) is 2.44. The lowest BCUT2D eigenvalue weighted by Crippen LogP contribution is -2.55. The molecular formula is C26H30N4O4. The SMILES string of the molecule is COc1cc(C)ccc1Oc1cc(N2CCN(C(=O)COCc3ccccc3)C(C)C2)ncn1. The van der Waals surface area contributed by atoms with E-state index in [1.54, 1.807) is 7.11 Å². The fourth-order valence-corrected chi connectivity index (χ4v) is 3.98. The summed E-state index contributed by atoms with van der Waals surface area (Å²) in [7, 11) is 1.61. The third-order valence-electron chi connectivity index (χ3n) is 5.77. The number of piperazine rings is 1. The van der Waals surface area contributed by atoms with Crippen molar-refractivity contribution in [1.82, 2.24) is 14.9 Å². The van der Waals surface area contributed by atoms with Gasteiger partial charge in [-0.3, -0.25) is 4.79 Å². The molecular weight excluding hydrogens is 432 g/mol. The number of carbonyl (C=O) groups excluding carboxylic acids is 1. The summed E-state index contributed by atoms with van der Waals surface area (Å²) in [4.78, 5) is 25.4. The van der Waals surface area contributed by atoms with Gasteiger partial charge in [-0.15, -0.1) is 0 Å². The largest absolute Gasteiger partial charge is 0.493 e. The Morgan fingerprint density at radius 1 is 1.06 bits per heavy atom. The van der Waals surface area contributed by atoms with Gasteiger partial charge in [0.2, 0.25) is 11.8 Å². The molecule has 1 aliphatic rings. The number of carbonyl (C=O) groups is 1. The summed E-state index contributed by atoms with van der Waals surface area (Å²) in [5, 5.41) is 0. The minimum absolute atomic E-state index is 0.00116. The molecule has 1 atom stereocenters. The molecule has 1 aromatic heterocycles. The van der Waals surface area contributed by atoms with Crippen LogP contribution in [0.15, 0.2) is 60.9 Å². The van der Waals surface area contributed by atoms with Gasteiger partial charge in [0.05, 0.1) is 13.7 Å². The number of aryl methyl sites for hydroxylation is 1. The number of hydrogen-bond donors (Lipinski definition) is 0. The van der Waals surface area contributed by atoms with E-state index < -0.39 is 0 Å². The van der Waals surface area contributed by atoms with Crippen molar-refractivity contribution in [3.05, 3.63) is 72.1 Å². The van der Waals surface area contributed by atoms with E-state index >= 15 is 0 Å². The highest BCUT2D eigenvalue weighted by Crippen LogP contribution is 2.32. The fraction of sp³-hybridized carbons (Fsp3) is 0.346. The maximum absolute atomic E-state index is 12.7. The molecule has 3 aromatic rings. The highest BCUT2D eigenvalue weighted by atomic mass is 16.5. The molecule has 1 amide bonds. The maximum Gasteiger partial charge on any atom is 0.248 e. The van der Waals surface area contributed by atoms with E-state index in [0.29, 0.717) is 43.6 Å². The summed E-state index contributed by atoms with van der Waals surface area (Å²) in [6.07, 6.45) is 1.49. The van der Waals surface area contributed by atoms with Crippen LogP contribution in [-0.2, 0) is 16.1 Å². The molecule has 1 aliphatic heterocycles. The van der Waals surface area contributed by atoms with Crippen molar-refractivity contribution >= 4 is 11.7 Å². The third-order valence-corrected chi connectivity index (χ3v) is 5.77. The van der Waals surface area contributed by atoms with Crippen molar-refractivity contribution in [2.45, 2.75) is 26.5 Å². The molecule has 0 N–H and O–H groups in total. The van der Waals surface area contributed by atoms with Crippen molar-refractivity contribution in [3.63, 3.8) is 0 Å². The van der Waals surface area contributed by atoms with Crippen molar-refractivity contribution in [1.29, 1.82) is 0 Å². The minimum Gasteiger partial charge on any atom is -0.493 e. The zero-order valence-electron chi connectivity index (χ0n) is 19.8. The first-order chi connectivity index (χ1) is 16.5. The minimum atomic E-state index is 0.00116. The Morgan fingerprint density at radius 2 is 1.88 bits per heavy atom. The number of benzene rings is 2. The monoisotopic (exact) mass is 462 g/mol. The first-order valence-electron chi connectivity index (χ1n) is 11.3. The number of rotatable bonds is 8. The molecule has 8 heteroatoms. The lowest BCUT2D eigenvalue weighted by Gasteiger charge is -2.40. The van der Waals surface area contributed by atoms with E-state index in [9.17, 15) is 4.79 Å². The van der Waals surface area contributed by atoms with Gasteiger partial charge in [-0.05, 0) is 37.1 Å². The highest BCUT2D eigenvalue weighted by molar-refractivity contribution is 5.78. The second-order valence-corrected chi connectivity index (χ2v) is 8.33. The highest BCUT2D eigenvalue weighted by Gasteiger charge is 2.28. The van der Waals surface area contributed by atoms with E-state index in [2.05, 4.69) is 14.9 Å². The topological polar surface area (TPSA) is 77.0 Å². The van der Waals surface area contributed by atoms with Crippen LogP contribution in [0.3, 0.4) is 0 Å². The average molecular weight is 463 g/mol. The lowest BCUT2D eigenvalue weighted by atomic mass is 10.2. The Hall–Kier alpha value is -3.65. The quantitative estimate of drug-likeness (QED) is 0.503. The van der Waals surface area contributed by atoms with Crippen LogP contribution in [0.2, 0.25) is 0 Å². The molecule has 8 nitrogen and oxygen atoms in total. The number of ether oxygens (including phenoxy) is 3. The normalized spacial score (nSPS) is 15.8. The Bertz CT molecular complexity index is 1110. The summed E-state index contributed by atoms with van der Waals surface area (Å²) in [6, 6.07) is 17.4. The van der Waals surface area contributed by atoms with E-state index in [0.717, 1.165) is 16.9 Å². The Morgan fingerprint density at radius 3 is 2.65 bits per heavy atom. The van der Waals surface area contributed by atoms with Crippen molar-refractivity contribution in [2.24, 2.45) is 0 Å². The number of aromatic nitrogens is 2. The van der Waals surface area contributed by atoms with Crippen molar-refractivity contribution in [2.75, 3.05) is 38.3 Å². The second-order valence-electron chi connectivity index (χ2n) is 8.33. The standard InChI is InChI=1S/C26H30N4O4/c1-19-9-10-22(23(13-19)32-3)34-25-14-24(27-18-28-25)29-11-12-30(20(2)15-29)26(31)17-33-16-21-7-5-4-6-8-21/h4-10,13-14,18,20H,11-12,15-17H2,1-3H3. The van der Waals surface area contributed by atoms with Gasteiger partial charge in [0.25, 0.3) is 0 Å². The van der Waals surface area contributed by atoms with Gasteiger partial charge < -0.3 is 24.0 Å². The van der Waals surface area contributed by atoms with Gasteiger partial charge in [-0.25, -0.2) is 9.97 Å². The molecule has 1 unspecified atom stereocenters. The predicted molar refractivity (Wildman–Crippen MR) is 129 cm³/mol. The van der Waals surface area contributed by atoms with Crippen LogP contribution in [-0.4, -0.2) is 60.2 Å². The zero-order chi connectivity index (χ0) is 23.9. The molecule has 0 bridgehead atoms. The Balaban J connectivity index is 1.33. The van der Waals surface area contributed by atoms with Crippen LogP contribution in [0.5, 0.6) is 17.4 Å². The van der Waals surface area contributed by atoms with Crippen LogP contribution in [0, 0.1) is 6.92 Å². The van der Waals surface area contributed by atoms with E-state index in [4.69, 9.17) is 14.2 Å². The molecule has 34 heavy (non-hydrogen) atoms. The number of nitrogens with zero attached hydrogens (tertiary/aromatic N) is 4. The second kappa shape index (κ2) is 11.0. The van der Waals surface area contributed by atoms with Gasteiger partial charge in [0.15, 0.2) is 11.5 Å². The molecule has 0 spiro atoms. The maximum atomic E-state index is 12.7. The molecule has 1 fully saturated rings. The van der Waals surface area contributed by atoms with Gasteiger partial charge in [-0.2, -0.15) is 0 Å². The average Bonchev–Trinajstić information content (AvgIpc) is 2.85. The van der Waals surface area contributed by atoms with Crippen molar-refractivity contribution in [3.8, 4) is 17.4 Å².